The second-order valence-electron chi connectivity index (χ2n) is 4.73. The molecule has 2 aromatic carbocycles. The maximum absolute atomic E-state index is 12.4. The summed E-state index contributed by atoms with van der Waals surface area (Å²) in [6, 6.07) is 13.0. The third-order valence-corrected chi connectivity index (χ3v) is 3.18. The number of hydrogen-bond acceptors (Lipinski definition) is 2. The van der Waals surface area contributed by atoms with Crippen LogP contribution in [0, 0.1) is 0 Å². The molecule has 0 aliphatic heterocycles. The van der Waals surface area contributed by atoms with Gasteiger partial charge in [0.05, 0.1) is 5.92 Å². The number of alkyl halides is 3. The third kappa shape index (κ3) is 3.78. The van der Waals surface area contributed by atoms with E-state index in [1.807, 2.05) is 6.07 Å². The topological polar surface area (TPSA) is 46.5 Å². The monoisotopic (exact) mass is 310 g/mol. The second kappa shape index (κ2) is 6.09. The van der Waals surface area contributed by atoms with E-state index in [4.69, 9.17) is 5.11 Å². The zero-order valence-electron chi connectivity index (χ0n) is 11.6. The molecular formula is C16H13F3O3. The normalized spacial score (nSPS) is 12.7. The Labute approximate surface area is 125 Å². The molecule has 0 aliphatic rings. The first-order valence-electron chi connectivity index (χ1n) is 6.46. The van der Waals surface area contributed by atoms with Crippen molar-refractivity contribution in [2.75, 3.05) is 0 Å². The van der Waals surface area contributed by atoms with Crippen molar-refractivity contribution < 1.29 is 27.8 Å². The van der Waals surface area contributed by atoms with Crippen molar-refractivity contribution in [3.05, 3.63) is 54.1 Å². The fraction of sp³-hybridized carbons (Fsp3) is 0.188. The lowest BCUT2D eigenvalue weighted by molar-refractivity contribution is -0.275. The minimum absolute atomic E-state index is 0.0221. The number of carbonyl (C=O) groups is 1. The van der Waals surface area contributed by atoms with E-state index in [0.717, 1.165) is 11.6 Å². The molecule has 2 rings (SSSR count). The van der Waals surface area contributed by atoms with Gasteiger partial charge in [-0.25, -0.2) is 0 Å². The summed E-state index contributed by atoms with van der Waals surface area (Å²) in [6.07, 6.45) is -4.87. The zero-order valence-corrected chi connectivity index (χ0v) is 11.6. The van der Waals surface area contributed by atoms with E-state index in [2.05, 4.69) is 4.74 Å². The van der Waals surface area contributed by atoms with Gasteiger partial charge in [0, 0.05) is 5.56 Å². The van der Waals surface area contributed by atoms with Crippen molar-refractivity contribution in [1.29, 1.82) is 0 Å². The molecule has 0 amide bonds. The first kappa shape index (κ1) is 15.9. The lowest BCUT2D eigenvalue weighted by atomic mass is 9.95. The Morgan fingerprint density at radius 2 is 1.73 bits per heavy atom. The lowest BCUT2D eigenvalue weighted by Gasteiger charge is -2.17. The maximum Gasteiger partial charge on any atom is 0.573 e. The number of halogens is 3. The van der Waals surface area contributed by atoms with Gasteiger partial charge in [-0.3, -0.25) is 4.79 Å². The molecule has 0 spiro atoms. The molecular weight excluding hydrogens is 297 g/mol. The van der Waals surface area contributed by atoms with Crippen LogP contribution in [0.5, 0.6) is 5.75 Å². The molecule has 6 heteroatoms. The number of rotatable bonds is 4. The Morgan fingerprint density at radius 3 is 2.27 bits per heavy atom. The van der Waals surface area contributed by atoms with Gasteiger partial charge < -0.3 is 9.84 Å². The molecule has 0 saturated carbocycles. The van der Waals surface area contributed by atoms with Crippen LogP contribution in [-0.4, -0.2) is 17.4 Å². The van der Waals surface area contributed by atoms with Gasteiger partial charge in [-0.05, 0) is 30.2 Å². The SMILES string of the molecule is CC(C(=O)O)c1cc(-c2ccccc2)ccc1OC(F)(F)F. The fourth-order valence-corrected chi connectivity index (χ4v) is 2.05. The molecule has 1 atom stereocenters. The molecule has 22 heavy (non-hydrogen) atoms. The van der Waals surface area contributed by atoms with E-state index in [9.17, 15) is 18.0 Å². The van der Waals surface area contributed by atoms with E-state index in [1.165, 1.54) is 19.1 Å². The highest BCUT2D eigenvalue weighted by Crippen LogP contribution is 2.35. The lowest BCUT2D eigenvalue weighted by Crippen LogP contribution is -2.19. The van der Waals surface area contributed by atoms with Gasteiger partial charge in [0.1, 0.15) is 5.75 Å². The summed E-state index contributed by atoms with van der Waals surface area (Å²) in [5, 5.41) is 9.08. The molecule has 1 N–H and O–H groups in total. The first-order valence-corrected chi connectivity index (χ1v) is 6.46. The average Bonchev–Trinajstić information content (AvgIpc) is 2.46. The molecule has 0 fully saturated rings. The Morgan fingerprint density at radius 1 is 1.09 bits per heavy atom. The number of benzene rings is 2. The minimum atomic E-state index is -4.87. The van der Waals surface area contributed by atoms with Crippen LogP contribution in [0.15, 0.2) is 48.5 Å². The molecule has 0 bridgehead atoms. The molecule has 0 radical (unpaired) electrons. The van der Waals surface area contributed by atoms with Crippen molar-refractivity contribution in [3.63, 3.8) is 0 Å². The van der Waals surface area contributed by atoms with E-state index in [1.54, 1.807) is 24.3 Å². The summed E-state index contributed by atoms with van der Waals surface area (Å²) in [6.45, 7) is 1.32. The van der Waals surface area contributed by atoms with E-state index < -0.39 is 24.0 Å². The molecule has 2 aromatic rings. The number of carboxylic acid groups (broad SMARTS) is 1. The Bertz CT molecular complexity index is 666. The quantitative estimate of drug-likeness (QED) is 0.908. The van der Waals surface area contributed by atoms with E-state index >= 15 is 0 Å². The molecule has 1 unspecified atom stereocenters. The van der Waals surface area contributed by atoms with Gasteiger partial charge in [0.2, 0.25) is 0 Å². The minimum Gasteiger partial charge on any atom is -0.481 e. The molecule has 0 aromatic heterocycles. The van der Waals surface area contributed by atoms with E-state index in [-0.39, 0.29) is 5.56 Å². The summed E-state index contributed by atoms with van der Waals surface area (Å²) in [5.74, 6) is -2.85. The summed E-state index contributed by atoms with van der Waals surface area (Å²) in [5.41, 5.74) is 1.38. The van der Waals surface area contributed by atoms with Crippen LogP contribution in [0.1, 0.15) is 18.4 Å². The van der Waals surface area contributed by atoms with Crippen LogP contribution in [0.4, 0.5) is 13.2 Å². The van der Waals surface area contributed by atoms with Crippen LogP contribution >= 0.6 is 0 Å². The van der Waals surface area contributed by atoms with Crippen LogP contribution in [0.25, 0.3) is 11.1 Å². The zero-order chi connectivity index (χ0) is 16.3. The van der Waals surface area contributed by atoms with Gasteiger partial charge in [0.15, 0.2) is 0 Å². The van der Waals surface area contributed by atoms with Crippen molar-refractivity contribution in [2.45, 2.75) is 19.2 Å². The second-order valence-corrected chi connectivity index (χ2v) is 4.73. The first-order chi connectivity index (χ1) is 10.3. The Hall–Kier alpha value is -2.50. The van der Waals surface area contributed by atoms with Crippen LogP contribution in [0.2, 0.25) is 0 Å². The van der Waals surface area contributed by atoms with Crippen LogP contribution in [0.3, 0.4) is 0 Å². The Kier molecular flexibility index (Phi) is 4.40. The van der Waals surface area contributed by atoms with Crippen LogP contribution < -0.4 is 4.74 Å². The molecule has 0 heterocycles. The fourth-order valence-electron chi connectivity index (χ4n) is 2.05. The number of hydrogen-bond donors (Lipinski definition) is 1. The van der Waals surface area contributed by atoms with Crippen molar-refractivity contribution in [2.24, 2.45) is 0 Å². The molecule has 3 nitrogen and oxygen atoms in total. The van der Waals surface area contributed by atoms with Gasteiger partial charge in [-0.1, -0.05) is 36.4 Å². The predicted molar refractivity (Wildman–Crippen MR) is 74.6 cm³/mol. The largest absolute Gasteiger partial charge is 0.573 e. The number of aliphatic carboxylic acids is 1. The maximum atomic E-state index is 12.4. The van der Waals surface area contributed by atoms with E-state index in [0.29, 0.717) is 5.56 Å². The smallest absolute Gasteiger partial charge is 0.481 e. The van der Waals surface area contributed by atoms with Crippen molar-refractivity contribution in [1.82, 2.24) is 0 Å². The molecule has 116 valence electrons. The standard InChI is InChI=1S/C16H13F3O3/c1-10(15(20)21)13-9-12(11-5-3-2-4-6-11)7-8-14(13)22-16(17,18)19/h2-10H,1H3,(H,20,21). The summed E-state index contributed by atoms with van der Waals surface area (Å²) in [7, 11) is 0. The highest BCUT2D eigenvalue weighted by atomic mass is 19.4. The number of carboxylic acids is 1. The van der Waals surface area contributed by atoms with Crippen molar-refractivity contribution in [3.8, 4) is 16.9 Å². The summed E-state index contributed by atoms with van der Waals surface area (Å²) < 4.78 is 41.3. The molecule has 0 saturated heterocycles. The van der Waals surface area contributed by atoms with Gasteiger partial charge in [-0.15, -0.1) is 13.2 Å². The summed E-state index contributed by atoms with van der Waals surface area (Å²) >= 11 is 0. The molecule has 0 aliphatic carbocycles. The summed E-state index contributed by atoms with van der Waals surface area (Å²) in [4.78, 5) is 11.1. The average molecular weight is 310 g/mol. The Balaban J connectivity index is 2.50. The van der Waals surface area contributed by atoms with Gasteiger partial charge >= 0.3 is 12.3 Å². The third-order valence-electron chi connectivity index (χ3n) is 3.18. The highest BCUT2D eigenvalue weighted by molar-refractivity contribution is 5.78. The number of ether oxygens (including phenoxy) is 1. The predicted octanol–water partition coefficient (Wildman–Crippen LogP) is 4.44. The highest BCUT2D eigenvalue weighted by Gasteiger charge is 2.33. The van der Waals surface area contributed by atoms with Crippen LogP contribution in [-0.2, 0) is 4.79 Å². The van der Waals surface area contributed by atoms with Gasteiger partial charge in [0.25, 0.3) is 0 Å². The van der Waals surface area contributed by atoms with Crippen molar-refractivity contribution >= 4 is 5.97 Å². The van der Waals surface area contributed by atoms with Gasteiger partial charge in [-0.2, -0.15) is 0 Å².